The second kappa shape index (κ2) is 8.02. The van der Waals surface area contributed by atoms with Gasteiger partial charge in [-0.25, -0.2) is 9.59 Å². The third-order valence-corrected chi connectivity index (χ3v) is 2.81. The van der Waals surface area contributed by atoms with Crippen LogP contribution >= 0.6 is 0 Å². The van der Waals surface area contributed by atoms with Gasteiger partial charge in [0.1, 0.15) is 5.75 Å². The maximum absolute atomic E-state index is 11.7. The lowest BCUT2D eigenvalue weighted by Gasteiger charge is -2.15. The minimum Gasteiger partial charge on any atom is -0.482 e. The Kier molecular flexibility index (Phi) is 6.37. The van der Waals surface area contributed by atoms with Gasteiger partial charge in [0.05, 0.1) is 0 Å². The second-order valence-corrected chi connectivity index (χ2v) is 4.97. The van der Waals surface area contributed by atoms with Gasteiger partial charge in [0.15, 0.2) is 12.7 Å². The van der Waals surface area contributed by atoms with Gasteiger partial charge in [-0.3, -0.25) is 10.1 Å². The van der Waals surface area contributed by atoms with E-state index in [0.29, 0.717) is 5.75 Å². The van der Waals surface area contributed by atoms with Crippen LogP contribution in [0.15, 0.2) is 24.3 Å². The van der Waals surface area contributed by atoms with Gasteiger partial charge < -0.3 is 15.2 Å². The van der Waals surface area contributed by atoms with E-state index in [4.69, 9.17) is 15.2 Å². The van der Waals surface area contributed by atoms with Crippen LogP contribution < -0.4 is 15.8 Å². The Morgan fingerprint density at radius 1 is 1.18 bits per heavy atom. The quantitative estimate of drug-likeness (QED) is 0.770. The molecule has 7 heteroatoms. The van der Waals surface area contributed by atoms with Gasteiger partial charge in [0.2, 0.25) is 0 Å². The maximum atomic E-state index is 11.7. The number of carbonyl (C=O) groups excluding carboxylic acids is 3. The zero-order valence-corrected chi connectivity index (χ0v) is 12.8. The van der Waals surface area contributed by atoms with Gasteiger partial charge in [-0.05, 0) is 24.5 Å². The van der Waals surface area contributed by atoms with Crippen molar-refractivity contribution in [3.63, 3.8) is 0 Å². The molecule has 0 aliphatic carbocycles. The lowest BCUT2D eigenvalue weighted by Crippen LogP contribution is -2.42. The predicted molar refractivity (Wildman–Crippen MR) is 79.3 cm³/mol. The molecule has 1 rings (SSSR count). The van der Waals surface area contributed by atoms with Crippen LogP contribution in [0.5, 0.6) is 5.75 Å². The van der Waals surface area contributed by atoms with Crippen LogP contribution in [0.2, 0.25) is 0 Å². The number of benzene rings is 1. The number of imide groups is 1. The van der Waals surface area contributed by atoms with Crippen molar-refractivity contribution in [3.8, 4) is 5.75 Å². The second-order valence-electron chi connectivity index (χ2n) is 4.97. The summed E-state index contributed by atoms with van der Waals surface area (Å²) in [6.45, 7) is 5.02. The lowest BCUT2D eigenvalue weighted by molar-refractivity contribution is -0.156. The minimum absolute atomic E-state index is 0.243. The van der Waals surface area contributed by atoms with Crippen LogP contribution in [0.1, 0.15) is 32.3 Å². The smallest absolute Gasteiger partial charge is 0.344 e. The van der Waals surface area contributed by atoms with E-state index in [1.165, 1.54) is 6.92 Å². The standard InChI is InChI=1S/C15H20N2O5/c1-9(2)11-6-4-5-7-12(11)21-8-13(18)22-10(3)14(19)17-15(16)20/h4-7,9-10H,8H2,1-3H3,(H3,16,17,19,20)/t10-/m0/s1. The molecule has 0 heterocycles. The summed E-state index contributed by atoms with van der Waals surface area (Å²) in [5, 5.41) is 1.83. The summed E-state index contributed by atoms with van der Waals surface area (Å²) in [4.78, 5) is 33.6. The van der Waals surface area contributed by atoms with E-state index in [1.807, 2.05) is 31.3 Å². The van der Waals surface area contributed by atoms with E-state index in [9.17, 15) is 14.4 Å². The Balaban J connectivity index is 2.53. The summed E-state index contributed by atoms with van der Waals surface area (Å²) in [6.07, 6.45) is -1.14. The molecule has 1 atom stereocenters. The Morgan fingerprint density at radius 2 is 1.82 bits per heavy atom. The van der Waals surface area contributed by atoms with E-state index < -0.39 is 24.0 Å². The van der Waals surface area contributed by atoms with Crippen LogP contribution in [0.25, 0.3) is 0 Å². The average Bonchev–Trinajstić information content (AvgIpc) is 2.44. The summed E-state index contributed by atoms with van der Waals surface area (Å²) in [6, 6.07) is 6.35. The molecule has 1 aromatic rings. The number of primary amides is 1. The fourth-order valence-corrected chi connectivity index (χ4v) is 1.73. The van der Waals surface area contributed by atoms with E-state index in [0.717, 1.165) is 5.56 Å². The van der Waals surface area contributed by atoms with Crippen molar-refractivity contribution in [3.05, 3.63) is 29.8 Å². The highest BCUT2D eigenvalue weighted by atomic mass is 16.6. The van der Waals surface area contributed by atoms with Crippen LogP contribution in [0, 0.1) is 0 Å². The fraction of sp³-hybridized carbons (Fsp3) is 0.400. The number of nitrogens with two attached hydrogens (primary N) is 1. The zero-order chi connectivity index (χ0) is 16.7. The summed E-state index contributed by atoms with van der Waals surface area (Å²) < 4.78 is 10.3. The van der Waals surface area contributed by atoms with Crippen molar-refractivity contribution in [2.75, 3.05) is 6.61 Å². The number of carbonyl (C=O) groups is 3. The third kappa shape index (κ3) is 5.43. The molecule has 0 aliphatic rings. The van der Waals surface area contributed by atoms with Crippen LogP contribution in [0.4, 0.5) is 4.79 Å². The molecule has 3 N–H and O–H groups in total. The molecule has 1 aromatic carbocycles. The first-order valence-electron chi connectivity index (χ1n) is 6.82. The van der Waals surface area contributed by atoms with E-state index in [-0.39, 0.29) is 12.5 Å². The van der Waals surface area contributed by atoms with Crippen molar-refractivity contribution in [2.45, 2.75) is 32.8 Å². The predicted octanol–water partition coefficient (Wildman–Crippen LogP) is 1.32. The molecule has 0 radical (unpaired) electrons. The molecule has 22 heavy (non-hydrogen) atoms. The highest BCUT2D eigenvalue weighted by molar-refractivity contribution is 5.96. The first-order valence-corrected chi connectivity index (χ1v) is 6.82. The first-order chi connectivity index (χ1) is 10.3. The highest BCUT2D eigenvalue weighted by Gasteiger charge is 2.19. The molecule has 0 unspecified atom stereocenters. The van der Waals surface area contributed by atoms with Gasteiger partial charge in [-0.15, -0.1) is 0 Å². The molecule has 3 amide bonds. The van der Waals surface area contributed by atoms with Gasteiger partial charge in [0, 0.05) is 0 Å². The number of para-hydroxylation sites is 1. The minimum atomic E-state index is -1.14. The first kappa shape index (κ1) is 17.5. The zero-order valence-electron chi connectivity index (χ0n) is 12.8. The van der Waals surface area contributed by atoms with E-state index in [1.54, 1.807) is 12.1 Å². The number of hydrogen-bond donors (Lipinski definition) is 2. The number of rotatable bonds is 6. The summed E-state index contributed by atoms with van der Waals surface area (Å²) in [5.41, 5.74) is 5.77. The molecule has 0 aliphatic heterocycles. The number of esters is 1. The molecule has 0 spiro atoms. The molecular formula is C15H20N2O5. The third-order valence-electron chi connectivity index (χ3n) is 2.81. The largest absolute Gasteiger partial charge is 0.482 e. The van der Waals surface area contributed by atoms with Crippen molar-refractivity contribution in [1.29, 1.82) is 0 Å². The monoisotopic (exact) mass is 308 g/mol. The summed E-state index contributed by atoms with van der Waals surface area (Å²) in [7, 11) is 0. The Morgan fingerprint density at radius 3 is 2.41 bits per heavy atom. The van der Waals surface area contributed by atoms with Gasteiger partial charge >= 0.3 is 12.0 Å². The average molecular weight is 308 g/mol. The van der Waals surface area contributed by atoms with Crippen LogP contribution in [-0.4, -0.2) is 30.6 Å². The number of ether oxygens (including phenoxy) is 2. The topological polar surface area (TPSA) is 108 Å². The molecule has 0 fully saturated rings. The van der Waals surface area contributed by atoms with Crippen molar-refractivity contribution < 1.29 is 23.9 Å². The van der Waals surface area contributed by atoms with Crippen molar-refractivity contribution in [2.24, 2.45) is 5.73 Å². The maximum Gasteiger partial charge on any atom is 0.344 e. The van der Waals surface area contributed by atoms with E-state index in [2.05, 4.69) is 0 Å². The van der Waals surface area contributed by atoms with Crippen LogP contribution in [-0.2, 0) is 14.3 Å². The molecule has 120 valence electrons. The molecule has 0 bridgehead atoms. The van der Waals surface area contributed by atoms with Gasteiger partial charge in [-0.1, -0.05) is 32.0 Å². The molecule has 7 nitrogen and oxygen atoms in total. The summed E-state index contributed by atoms with van der Waals surface area (Å²) in [5.74, 6) is -0.676. The van der Waals surface area contributed by atoms with Crippen LogP contribution in [0.3, 0.4) is 0 Å². The molecule has 0 saturated heterocycles. The Labute approximate surface area is 128 Å². The molecule has 0 saturated carbocycles. The number of hydrogen-bond acceptors (Lipinski definition) is 5. The van der Waals surface area contributed by atoms with Crippen molar-refractivity contribution >= 4 is 17.9 Å². The number of nitrogens with one attached hydrogen (secondary N) is 1. The van der Waals surface area contributed by atoms with Crippen molar-refractivity contribution in [1.82, 2.24) is 5.32 Å². The Hall–Kier alpha value is -2.57. The summed E-state index contributed by atoms with van der Waals surface area (Å²) >= 11 is 0. The fourth-order valence-electron chi connectivity index (χ4n) is 1.73. The van der Waals surface area contributed by atoms with Gasteiger partial charge in [-0.2, -0.15) is 0 Å². The Bertz CT molecular complexity index is 557. The molecule has 0 aromatic heterocycles. The SMILES string of the molecule is CC(C)c1ccccc1OCC(=O)O[C@@H](C)C(=O)NC(N)=O. The highest BCUT2D eigenvalue weighted by Crippen LogP contribution is 2.25. The van der Waals surface area contributed by atoms with Gasteiger partial charge in [0.25, 0.3) is 5.91 Å². The molecular weight excluding hydrogens is 288 g/mol. The number of amides is 3. The number of urea groups is 1. The lowest BCUT2D eigenvalue weighted by atomic mass is 10.0. The van der Waals surface area contributed by atoms with E-state index >= 15 is 0 Å². The normalized spacial score (nSPS) is 11.6.